The van der Waals surface area contributed by atoms with E-state index >= 15 is 0 Å². The van der Waals surface area contributed by atoms with Gasteiger partial charge in [-0.15, -0.1) is 10.2 Å². The average Bonchev–Trinajstić information content (AvgIpc) is 3.39. The van der Waals surface area contributed by atoms with Crippen LogP contribution >= 0.6 is 11.8 Å². The summed E-state index contributed by atoms with van der Waals surface area (Å²) in [6, 6.07) is 21.8. The maximum absolute atomic E-state index is 12.5. The van der Waals surface area contributed by atoms with Crippen LogP contribution in [0.25, 0.3) is 17.1 Å². The van der Waals surface area contributed by atoms with Crippen molar-refractivity contribution in [2.75, 3.05) is 26.6 Å². The molecule has 1 heterocycles. The van der Waals surface area contributed by atoms with Crippen molar-refractivity contribution < 1.29 is 28.9 Å². The number of aliphatic carboxylic acids is 1. The maximum atomic E-state index is 12.5. The highest BCUT2D eigenvalue weighted by Gasteiger charge is 2.18. The van der Waals surface area contributed by atoms with Gasteiger partial charge in [-0.3, -0.25) is 9.36 Å². The number of methoxy groups -OCH3 is 2. The van der Waals surface area contributed by atoms with Gasteiger partial charge in [-0.25, -0.2) is 10.2 Å². The van der Waals surface area contributed by atoms with E-state index in [0.29, 0.717) is 33.8 Å². The van der Waals surface area contributed by atoms with Crippen molar-refractivity contribution in [3.63, 3.8) is 0 Å². The van der Waals surface area contributed by atoms with Gasteiger partial charge >= 0.3 is 5.97 Å². The molecule has 0 aliphatic heterocycles. The van der Waals surface area contributed by atoms with Crippen molar-refractivity contribution in [2.24, 2.45) is 5.10 Å². The molecule has 0 atom stereocenters. The van der Waals surface area contributed by atoms with E-state index in [4.69, 9.17) is 19.3 Å². The van der Waals surface area contributed by atoms with Gasteiger partial charge in [-0.2, -0.15) is 5.10 Å². The third-order valence-corrected chi connectivity index (χ3v) is 6.21. The molecule has 12 heteroatoms. The van der Waals surface area contributed by atoms with Gasteiger partial charge in [0.25, 0.3) is 5.91 Å². The van der Waals surface area contributed by atoms with E-state index in [1.165, 1.54) is 18.0 Å². The zero-order valence-electron chi connectivity index (χ0n) is 21.1. The molecule has 1 amide bonds. The number of amides is 1. The fourth-order valence-electron chi connectivity index (χ4n) is 3.53. The van der Waals surface area contributed by atoms with Gasteiger partial charge in [-0.05, 0) is 42.5 Å². The molecular formula is C27H25N5O6S. The summed E-state index contributed by atoms with van der Waals surface area (Å²) < 4.78 is 17.9. The first-order valence-corrected chi connectivity index (χ1v) is 12.6. The first-order chi connectivity index (χ1) is 19.0. The second-order valence-corrected chi connectivity index (χ2v) is 8.79. The van der Waals surface area contributed by atoms with Crippen LogP contribution in [-0.4, -0.2) is 64.5 Å². The summed E-state index contributed by atoms with van der Waals surface area (Å²) >= 11 is 1.20. The fourth-order valence-corrected chi connectivity index (χ4v) is 4.27. The number of carboxylic acids is 1. The van der Waals surface area contributed by atoms with E-state index in [1.807, 2.05) is 47.0 Å². The molecule has 11 nitrogen and oxygen atoms in total. The summed E-state index contributed by atoms with van der Waals surface area (Å²) in [4.78, 5) is 23.3. The predicted octanol–water partition coefficient (Wildman–Crippen LogP) is 3.66. The third kappa shape index (κ3) is 6.93. The second-order valence-electron chi connectivity index (χ2n) is 7.85. The first kappa shape index (κ1) is 27.2. The Morgan fingerprint density at radius 2 is 1.72 bits per heavy atom. The van der Waals surface area contributed by atoms with E-state index in [0.717, 1.165) is 11.3 Å². The number of hydrazone groups is 1. The predicted molar refractivity (Wildman–Crippen MR) is 146 cm³/mol. The Kier molecular flexibility index (Phi) is 9.14. The van der Waals surface area contributed by atoms with Crippen LogP contribution in [-0.2, 0) is 9.59 Å². The van der Waals surface area contributed by atoms with Gasteiger partial charge in [-0.1, -0.05) is 42.1 Å². The van der Waals surface area contributed by atoms with Crippen molar-refractivity contribution in [2.45, 2.75) is 5.16 Å². The van der Waals surface area contributed by atoms with Crippen LogP contribution in [0.1, 0.15) is 5.56 Å². The Balaban J connectivity index is 1.49. The summed E-state index contributed by atoms with van der Waals surface area (Å²) in [6.07, 6.45) is 1.39. The molecule has 3 aromatic carbocycles. The molecule has 0 bridgehead atoms. The number of nitrogens with zero attached hydrogens (tertiary/aromatic N) is 4. The molecular weight excluding hydrogens is 522 g/mol. The quantitative estimate of drug-likeness (QED) is 0.155. The SMILES string of the molecule is COc1ccc(-c2nnc(SCC(=O)NN=Cc3ccccc3OCC(=O)O)n2-c2ccccc2)cc1OC. The van der Waals surface area contributed by atoms with Crippen molar-refractivity contribution in [1.82, 2.24) is 20.2 Å². The van der Waals surface area contributed by atoms with E-state index in [1.54, 1.807) is 44.6 Å². The minimum atomic E-state index is -1.09. The summed E-state index contributed by atoms with van der Waals surface area (Å²) in [6.45, 7) is -0.485. The number of nitrogens with one attached hydrogen (secondary N) is 1. The number of carbonyl (C=O) groups excluding carboxylic acids is 1. The van der Waals surface area contributed by atoms with E-state index in [9.17, 15) is 9.59 Å². The number of hydrogen-bond acceptors (Lipinski definition) is 9. The molecule has 0 spiro atoms. The number of benzene rings is 3. The summed E-state index contributed by atoms with van der Waals surface area (Å²) in [7, 11) is 3.13. The number of aromatic nitrogens is 3. The Labute approximate surface area is 228 Å². The largest absolute Gasteiger partial charge is 0.493 e. The van der Waals surface area contributed by atoms with Crippen LogP contribution in [0.2, 0.25) is 0 Å². The lowest BCUT2D eigenvalue weighted by Crippen LogP contribution is -2.20. The highest BCUT2D eigenvalue weighted by molar-refractivity contribution is 7.99. The van der Waals surface area contributed by atoms with Gasteiger partial charge < -0.3 is 19.3 Å². The fraction of sp³-hybridized carbons (Fsp3) is 0.148. The van der Waals surface area contributed by atoms with Crippen molar-refractivity contribution in [3.8, 4) is 34.3 Å². The molecule has 0 aliphatic carbocycles. The third-order valence-electron chi connectivity index (χ3n) is 5.28. The number of carboxylic acid groups (broad SMARTS) is 1. The molecule has 0 radical (unpaired) electrons. The standard InChI is InChI=1S/C27H25N5O6S/c1-36-22-13-12-18(14-23(22)37-2)26-30-31-27(32(26)20-9-4-3-5-10-20)39-17-24(33)29-28-15-19-8-6-7-11-21(19)38-16-25(34)35/h3-15H,16-17H2,1-2H3,(H,29,33)(H,34,35). The van der Waals surface area contributed by atoms with Gasteiger partial charge in [0.05, 0.1) is 26.2 Å². The lowest BCUT2D eigenvalue weighted by atomic mass is 10.2. The normalized spacial score (nSPS) is 10.8. The molecule has 39 heavy (non-hydrogen) atoms. The minimum Gasteiger partial charge on any atom is -0.493 e. The lowest BCUT2D eigenvalue weighted by Gasteiger charge is -2.12. The first-order valence-electron chi connectivity index (χ1n) is 11.6. The van der Waals surface area contributed by atoms with Crippen LogP contribution in [0.4, 0.5) is 0 Å². The summed E-state index contributed by atoms with van der Waals surface area (Å²) in [5.74, 6) is 0.617. The molecule has 0 aliphatic rings. The Hall–Kier alpha value is -4.84. The average molecular weight is 548 g/mol. The van der Waals surface area contributed by atoms with Crippen molar-refractivity contribution in [1.29, 1.82) is 0 Å². The van der Waals surface area contributed by atoms with Gasteiger partial charge in [0, 0.05) is 16.8 Å². The van der Waals surface area contributed by atoms with Gasteiger partial charge in [0.1, 0.15) is 5.75 Å². The molecule has 4 aromatic rings. The summed E-state index contributed by atoms with van der Waals surface area (Å²) in [5.41, 5.74) is 4.58. The highest BCUT2D eigenvalue weighted by Crippen LogP contribution is 2.34. The van der Waals surface area contributed by atoms with Crippen molar-refractivity contribution in [3.05, 3.63) is 78.4 Å². The van der Waals surface area contributed by atoms with E-state index in [2.05, 4.69) is 20.7 Å². The highest BCUT2D eigenvalue weighted by atomic mass is 32.2. The monoisotopic (exact) mass is 547 g/mol. The van der Waals surface area contributed by atoms with Crippen molar-refractivity contribution >= 4 is 29.9 Å². The Morgan fingerprint density at radius 1 is 0.974 bits per heavy atom. The molecule has 2 N–H and O–H groups in total. The van der Waals surface area contributed by atoms with E-state index < -0.39 is 12.6 Å². The van der Waals surface area contributed by atoms with Crippen LogP contribution in [0, 0.1) is 0 Å². The number of ether oxygens (including phenoxy) is 3. The molecule has 1 aromatic heterocycles. The zero-order valence-corrected chi connectivity index (χ0v) is 21.9. The number of para-hydroxylation sites is 2. The Morgan fingerprint density at radius 3 is 2.46 bits per heavy atom. The van der Waals surface area contributed by atoms with Crippen LogP contribution < -0.4 is 19.6 Å². The number of rotatable bonds is 12. The van der Waals surface area contributed by atoms with Gasteiger partial charge in [0.15, 0.2) is 29.1 Å². The van der Waals surface area contributed by atoms with E-state index in [-0.39, 0.29) is 11.7 Å². The Bertz CT molecular complexity index is 1470. The topological polar surface area (TPSA) is 137 Å². The summed E-state index contributed by atoms with van der Waals surface area (Å²) in [5, 5.41) is 22.0. The number of thioether (sulfide) groups is 1. The molecule has 0 saturated carbocycles. The minimum absolute atomic E-state index is 0.0192. The second kappa shape index (κ2) is 13.1. The van der Waals surface area contributed by atoms with Crippen LogP contribution in [0.3, 0.4) is 0 Å². The van der Waals surface area contributed by atoms with Gasteiger partial charge in [0.2, 0.25) is 0 Å². The molecule has 4 rings (SSSR count). The van der Waals surface area contributed by atoms with Crippen LogP contribution in [0.5, 0.6) is 17.2 Å². The number of hydrogen-bond donors (Lipinski definition) is 2. The maximum Gasteiger partial charge on any atom is 0.341 e. The lowest BCUT2D eigenvalue weighted by molar-refractivity contribution is -0.139. The smallest absolute Gasteiger partial charge is 0.341 e. The number of carbonyl (C=O) groups is 2. The molecule has 0 fully saturated rings. The van der Waals surface area contributed by atoms with Crippen LogP contribution in [0.15, 0.2) is 83.1 Å². The molecule has 0 saturated heterocycles. The molecule has 200 valence electrons. The molecule has 0 unspecified atom stereocenters. The zero-order chi connectivity index (χ0) is 27.6.